The summed E-state index contributed by atoms with van der Waals surface area (Å²) in [7, 11) is 4.24. The highest BCUT2D eigenvalue weighted by Crippen LogP contribution is 2.27. The molecule has 2 atom stereocenters. The SMILES string of the molecule is CN(C)C1CCN(C(=O)C2CCCC2N)CC1.Cl.Cl. The van der Waals surface area contributed by atoms with E-state index in [2.05, 4.69) is 19.0 Å². The Labute approximate surface area is 128 Å². The number of likely N-dealkylation sites (tertiary alicyclic amines) is 1. The van der Waals surface area contributed by atoms with Gasteiger partial charge in [0.15, 0.2) is 0 Å². The first-order chi connectivity index (χ1) is 8.09. The van der Waals surface area contributed by atoms with Crippen LogP contribution in [0.15, 0.2) is 0 Å². The molecule has 0 radical (unpaired) electrons. The van der Waals surface area contributed by atoms with Gasteiger partial charge in [-0.1, -0.05) is 6.42 Å². The molecule has 2 fully saturated rings. The first kappa shape index (κ1) is 19.0. The second kappa shape index (κ2) is 8.30. The van der Waals surface area contributed by atoms with Crippen LogP contribution in [0.1, 0.15) is 32.1 Å². The molecule has 4 nitrogen and oxygen atoms in total. The topological polar surface area (TPSA) is 49.6 Å². The van der Waals surface area contributed by atoms with Gasteiger partial charge in [-0.15, -0.1) is 24.8 Å². The highest BCUT2D eigenvalue weighted by molar-refractivity contribution is 5.85. The quantitative estimate of drug-likeness (QED) is 0.841. The molecule has 1 heterocycles. The predicted octanol–water partition coefficient (Wildman–Crippen LogP) is 1.51. The zero-order valence-electron chi connectivity index (χ0n) is 11.9. The molecule has 2 aliphatic rings. The number of halogens is 2. The van der Waals surface area contributed by atoms with E-state index in [0.717, 1.165) is 45.2 Å². The van der Waals surface area contributed by atoms with Crippen molar-refractivity contribution in [2.24, 2.45) is 11.7 Å². The van der Waals surface area contributed by atoms with Crippen molar-refractivity contribution in [1.82, 2.24) is 9.80 Å². The van der Waals surface area contributed by atoms with Crippen LogP contribution in [-0.4, -0.2) is 55.0 Å². The Morgan fingerprint density at radius 3 is 2.11 bits per heavy atom. The lowest BCUT2D eigenvalue weighted by molar-refractivity contribution is -0.137. The van der Waals surface area contributed by atoms with Crippen molar-refractivity contribution in [3.05, 3.63) is 0 Å². The fourth-order valence-electron chi connectivity index (χ4n) is 3.13. The van der Waals surface area contributed by atoms with E-state index in [9.17, 15) is 4.79 Å². The molecule has 0 spiro atoms. The minimum atomic E-state index is 0. The van der Waals surface area contributed by atoms with Gasteiger partial charge in [-0.2, -0.15) is 0 Å². The first-order valence-electron chi connectivity index (χ1n) is 6.80. The zero-order valence-corrected chi connectivity index (χ0v) is 13.5. The minimum Gasteiger partial charge on any atom is -0.342 e. The summed E-state index contributed by atoms with van der Waals surface area (Å²) >= 11 is 0. The Morgan fingerprint density at radius 1 is 1.11 bits per heavy atom. The van der Waals surface area contributed by atoms with Crippen LogP contribution in [0.5, 0.6) is 0 Å². The fraction of sp³-hybridized carbons (Fsp3) is 0.923. The normalized spacial score (nSPS) is 27.9. The molecule has 2 N–H and O–H groups in total. The summed E-state index contributed by atoms with van der Waals surface area (Å²) in [5, 5.41) is 0. The molecule has 19 heavy (non-hydrogen) atoms. The van der Waals surface area contributed by atoms with Crippen LogP contribution < -0.4 is 5.73 Å². The number of nitrogens with two attached hydrogens (primary N) is 1. The fourth-order valence-corrected chi connectivity index (χ4v) is 3.13. The van der Waals surface area contributed by atoms with Gasteiger partial charge in [-0.25, -0.2) is 0 Å². The van der Waals surface area contributed by atoms with E-state index in [1.165, 1.54) is 0 Å². The van der Waals surface area contributed by atoms with Gasteiger partial charge in [0.1, 0.15) is 0 Å². The van der Waals surface area contributed by atoms with Gasteiger partial charge in [0.05, 0.1) is 5.92 Å². The molecule has 2 rings (SSSR count). The maximum Gasteiger partial charge on any atom is 0.227 e. The van der Waals surface area contributed by atoms with Gasteiger partial charge >= 0.3 is 0 Å². The van der Waals surface area contributed by atoms with Gasteiger partial charge < -0.3 is 15.5 Å². The average molecular weight is 312 g/mol. The van der Waals surface area contributed by atoms with Gasteiger partial charge in [0, 0.05) is 25.2 Å². The number of nitrogens with zero attached hydrogens (tertiary/aromatic N) is 2. The van der Waals surface area contributed by atoms with Crippen molar-refractivity contribution >= 4 is 30.7 Å². The van der Waals surface area contributed by atoms with E-state index in [4.69, 9.17) is 5.73 Å². The summed E-state index contributed by atoms with van der Waals surface area (Å²) in [4.78, 5) is 16.6. The molecule has 114 valence electrons. The molecule has 0 aromatic carbocycles. The number of hydrogen-bond acceptors (Lipinski definition) is 3. The lowest BCUT2D eigenvalue weighted by Gasteiger charge is -2.36. The smallest absolute Gasteiger partial charge is 0.227 e. The Bertz CT molecular complexity index is 281. The first-order valence-corrected chi connectivity index (χ1v) is 6.80. The van der Waals surface area contributed by atoms with E-state index >= 15 is 0 Å². The number of carbonyl (C=O) groups excluding carboxylic acids is 1. The van der Waals surface area contributed by atoms with Crippen LogP contribution >= 0.6 is 24.8 Å². The summed E-state index contributed by atoms with van der Waals surface area (Å²) in [6.07, 6.45) is 5.32. The molecule has 1 aliphatic carbocycles. The third-order valence-electron chi connectivity index (χ3n) is 4.39. The van der Waals surface area contributed by atoms with E-state index < -0.39 is 0 Å². The maximum absolute atomic E-state index is 12.3. The number of hydrogen-bond donors (Lipinski definition) is 1. The Morgan fingerprint density at radius 2 is 1.68 bits per heavy atom. The van der Waals surface area contributed by atoms with Crippen molar-refractivity contribution < 1.29 is 4.79 Å². The maximum atomic E-state index is 12.3. The Hall–Kier alpha value is -0.0300. The van der Waals surface area contributed by atoms with Crippen molar-refractivity contribution in [3.63, 3.8) is 0 Å². The van der Waals surface area contributed by atoms with Gasteiger partial charge in [0.25, 0.3) is 0 Å². The molecule has 1 saturated heterocycles. The molecular weight excluding hydrogens is 285 g/mol. The van der Waals surface area contributed by atoms with Gasteiger partial charge in [-0.05, 0) is 39.8 Å². The van der Waals surface area contributed by atoms with E-state index in [1.807, 2.05) is 4.90 Å². The summed E-state index contributed by atoms with van der Waals surface area (Å²) in [5.74, 6) is 0.415. The van der Waals surface area contributed by atoms with Crippen LogP contribution in [0, 0.1) is 5.92 Å². The standard InChI is InChI=1S/C13H25N3O.2ClH/c1-15(2)10-6-8-16(9-7-10)13(17)11-4-3-5-12(11)14;;/h10-12H,3-9,14H2,1-2H3;2*1H. The molecule has 0 bridgehead atoms. The van der Waals surface area contributed by atoms with Crippen molar-refractivity contribution in [2.45, 2.75) is 44.2 Å². The minimum absolute atomic E-state index is 0. The van der Waals surface area contributed by atoms with Crippen molar-refractivity contribution in [2.75, 3.05) is 27.2 Å². The molecule has 6 heteroatoms. The number of amides is 1. The highest BCUT2D eigenvalue weighted by Gasteiger charge is 2.34. The zero-order chi connectivity index (χ0) is 12.4. The average Bonchev–Trinajstić information content (AvgIpc) is 2.74. The molecule has 0 aromatic rings. The van der Waals surface area contributed by atoms with Crippen molar-refractivity contribution in [3.8, 4) is 0 Å². The third-order valence-corrected chi connectivity index (χ3v) is 4.39. The van der Waals surface area contributed by atoms with Crippen molar-refractivity contribution in [1.29, 1.82) is 0 Å². The summed E-state index contributed by atoms with van der Waals surface area (Å²) in [6.45, 7) is 1.82. The summed E-state index contributed by atoms with van der Waals surface area (Å²) in [5.41, 5.74) is 6.01. The molecule has 2 unspecified atom stereocenters. The Balaban J connectivity index is 0.00000162. The number of rotatable bonds is 2. The second-order valence-corrected chi connectivity index (χ2v) is 5.72. The van der Waals surface area contributed by atoms with E-state index in [0.29, 0.717) is 11.9 Å². The summed E-state index contributed by atoms with van der Waals surface area (Å²) in [6, 6.07) is 0.741. The molecule has 0 aromatic heterocycles. The van der Waals surface area contributed by atoms with Crippen LogP contribution in [0.3, 0.4) is 0 Å². The van der Waals surface area contributed by atoms with Crippen LogP contribution in [0.25, 0.3) is 0 Å². The molecule has 1 saturated carbocycles. The monoisotopic (exact) mass is 311 g/mol. The van der Waals surface area contributed by atoms with Gasteiger partial charge in [-0.3, -0.25) is 4.79 Å². The molecule has 1 aliphatic heterocycles. The third kappa shape index (κ3) is 4.48. The molecular formula is C13H27Cl2N3O. The second-order valence-electron chi connectivity index (χ2n) is 5.72. The lowest BCUT2D eigenvalue weighted by Crippen LogP contribution is -2.48. The Kier molecular flexibility index (Phi) is 8.29. The highest BCUT2D eigenvalue weighted by atomic mass is 35.5. The lowest BCUT2D eigenvalue weighted by atomic mass is 9.98. The summed E-state index contributed by atoms with van der Waals surface area (Å²) < 4.78 is 0. The van der Waals surface area contributed by atoms with E-state index in [1.54, 1.807) is 0 Å². The van der Waals surface area contributed by atoms with Crippen LogP contribution in [0.2, 0.25) is 0 Å². The largest absolute Gasteiger partial charge is 0.342 e. The number of piperidine rings is 1. The van der Waals surface area contributed by atoms with E-state index in [-0.39, 0.29) is 36.8 Å². The number of carbonyl (C=O) groups is 1. The molecule has 1 amide bonds. The van der Waals surface area contributed by atoms with Crippen LogP contribution in [0.4, 0.5) is 0 Å². The predicted molar refractivity (Wildman–Crippen MR) is 83.1 cm³/mol. The van der Waals surface area contributed by atoms with Gasteiger partial charge in [0.2, 0.25) is 5.91 Å². The van der Waals surface area contributed by atoms with Crippen LogP contribution in [-0.2, 0) is 4.79 Å².